The van der Waals surface area contributed by atoms with E-state index >= 15 is 0 Å². The number of piperazine rings is 1. The number of rotatable bonds is 8. The number of carbonyl (C=O) groups excluding carboxylic acids is 1. The fraction of sp³-hybridized carbons (Fsp3) is 0.321. The number of nitrogens with one attached hydrogen (secondary N) is 1. The molecule has 4 aromatic rings. The van der Waals surface area contributed by atoms with Crippen LogP contribution in [0, 0.1) is 0 Å². The first-order valence-electron chi connectivity index (χ1n) is 12.2. The number of aromatic nitrogens is 2. The van der Waals surface area contributed by atoms with Crippen LogP contribution < -0.4 is 5.32 Å². The van der Waals surface area contributed by atoms with Crippen LogP contribution in [-0.4, -0.2) is 65.6 Å². The predicted octanol–water partition coefficient (Wildman–Crippen LogP) is 4.82. The van der Waals surface area contributed by atoms with Crippen LogP contribution in [0.2, 0.25) is 0 Å². The molecule has 1 saturated heterocycles. The highest BCUT2D eigenvalue weighted by atomic mass is 32.1. The minimum atomic E-state index is -0.00329. The molecule has 8 heteroatoms. The van der Waals surface area contributed by atoms with Gasteiger partial charge in [-0.1, -0.05) is 54.6 Å². The van der Waals surface area contributed by atoms with Gasteiger partial charge in [-0.15, -0.1) is 11.3 Å². The van der Waals surface area contributed by atoms with Crippen LogP contribution in [0.5, 0.6) is 0 Å². The summed E-state index contributed by atoms with van der Waals surface area (Å²) in [5.74, 6) is 0.989. The first kappa shape index (κ1) is 24.4. The highest BCUT2D eigenvalue weighted by molar-refractivity contribution is 7.22. The van der Waals surface area contributed by atoms with Crippen LogP contribution >= 0.6 is 11.3 Å². The topological polar surface area (TPSA) is 70.6 Å². The van der Waals surface area contributed by atoms with Crippen molar-refractivity contribution in [1.29, 1.82) is 0 Å². The van der Waals surface area contributed by atoms with E-state index in [1.807, 2.05) is 23.1 Å². The molecule has 3 heterocycles. The molecule has 1 atom stereocenters. The van der Waals surface area contributed by atoms with Crippen LogP contribution in [-0.2, 0) is 16.1 Å². The molecule has 0 unspecified atom stereocenters. The average Bonchev–Trinajstić information content (AvgIpc) is 3.35. The minimum Gasteiger partial charge on any atom is -0.382 e. The lowest BCUT2D eigenvalue weighted by molar-refractivity contribution is -0.130. The summed E-state index contributed by atoms with van der Waals surface area (Å²) in [4.78, 5) is 26.1. The van der Waals surface area contributed by atoms with Crippen LogP contribution in [0.1, 0.15) is 24.1 Å². The third-order valence-electron chi connectivity index (χ3n) is 6.62. The second-order valence-electron chi connectivity index (χ2n) is 9.09. The quantitative estimate of drug-likeness (QED) is 0.373. The molecule has 5 rings (SSSR count). The molecule has 2 aromatic heterocycles. The number of benzene rings is 2. The van der Waals surface area contributed by atoms with Gasteiger partial charge in [-0.3, -0.25) is 9.69 Å². The number of hydrogen-bond donors (Lipinski definition) is 1. The van der Waals surface area contributed by atoms with E-state index in [1.54, 1.807) is 31.7 Å². The second kappa shape index (κ2) is 11.2. The molecule has 36 heavy (non-hydrogen) atoms. The molecule has 7 nitrogen and oxygen atoms in total. The molecular formula is C28H31N5O2S. The van der Waals surface area contributed by atoms with Gasteiger partial charge in [0.15, 0.2) is 0 Å². The molecule has 1 fully saturated rings. The van der Waals surface area contributed by atoms with Crippen molar-refractivity contribution in [3.63, 3.8) is 0 Å². The van der Waals surface area contributed by atoms with Crippen LogP contribution in [0.25, 0.3) is 20.7 Å². The van der Waals surface area contributed by atoms with Crippen molar-refractivity contribution in [1.82, 2.24) is 19.8 Å². The Morgan fingerprint density at radius 2 is 1.81 bits per heavy atom. The molecule has 0 saturated carbocycles. The molecule has 2 aromatic carbocycles. The van der Waals surface area contributed by atoms with Crippen molar-refractivity contribution in [2.45, 2.75) is 19.5 Å². The Morgan fingerprint density at radius 1 is 1.06 bits per heavy atom. The van der Waals surface area contributed by atoms with Crippen LogP contribution in [0.4, 0.5) is 5.82 Å². The maximum atomic E-state index is 11.6. The van der Waals surface area contributed by atoms with Crippen molar-refractivity contribution in [2.24, 2.45) is 0 Å². The summed E-state index contributed by atoms with van der Waals surface area (Å²) in [5.41, 5.74) is 4.54. The molecule has 0 bridgehead atoms. The van der Waals surface area contributed by atoms with Gasteiger partial charge >= 0.3 is 0 Å². The van der Waals surface area contributed by atoms with E-state index < -0.39 is 0 Å². The van der Waals surface area contributed by atoms with Gasteiger partial charge in [0.2, 0.25) is 5.91 Å². The molecule has 1 aliphatic heterocycles. The maximum Gasteiger partial charge on any atom is 0.219 e. The maximum absolute atomic E-state index is 11.6. The Bertz CT molecular complexity index is 1300. The van der Waals surface area contributed by atoms with Gasteiger partial charge in [0.1, 0.15) is 12.1 Å². The van der Waals surface area contributed by atoms with Crippen molar-refractivity contribution >= 4 is 33.3 Å². The van der Waals surface area contributed by atoms with Gasteiger partial charge in [-0.2, -0.15) is 0 Å². The lowest BCUT2D eigenvalue weighted by Crippen LogP contribution is -2.47. The molecule has 0 spiro atoms. The van der Waals surface area contributed by atoms with Crippen molar-refractivity contribution in [3.8, 4) is 10.4 Å². The third kappa shape index (κ3) is 5.56. The number of anilines is 1. The Morgan fingerprint density at radius 3 is 2.50 bits per heavy atom. The lowest BCUT2D eigenvalue weighted by atomic mass is 10.1. The summed E-state index contributed by atoms with van der Waals surface area (Å²) in [7, 11) is 1.71. The van der Waals surface area contributed by atoms with E-state index in [9.17, 15) is 4.79 Å². The largest absolute Gasteiger partial charge is 0.382 e. The van der Waals surface area contributed by atoms with Gasteiger partial charge in [0.05, 0.1) is 22.9 Å². The number of methoxy groups -OCH3 is 1. The molecular weight excluding hydrogens is 470 g/mol. The zero-order valence-electron chi connectivity index (χ0n) is 20.7. The van der Waals surface area contributed by atoms with Gasteiger partial charge in [-0.05, 0) is 22.8 Å². The summed E-state index contributed by atoms with van der Waals surface area (Å²) in [6.45, 7) is 6.54. The Balaban J connectivity index is 1.31. The van der Waals surface area contributed by atoms with Crippen molar-refractivity contribution in [2.75, 3.05) is 45.2 Å². The highest BCUT2D eigenvalue weighted by Gasteiger charge is 2.19. The Hall–Kier alpha value is -3.33. The van der Waals surface area contributed by atoms with E-state index in [1.165, 1.54) is 11.1 Å². The second-order valence-corrected chi connectivity index (χ2v) is 10.1. The van der Waals surface area contributed by atoms with E-state index in [-0.39, 0.29) is 11.9 Å². The zero-order valence-corrected chi connectivity index (χ0v) is 21.5. The molecule has 0 aliphatic carbocycles. The smallest absolute Gasteiger partial charge is 0.219 e. The van der Waals surface area contributed by atoms with Crippen molar-refractivity contribution in [3.05, 3.63) is 78.1 Å². The molecule has 1 amide bonds. The fourth-order valence-electron chi connectivity index (χ4n) is 4.59. The molecule has 1 N–H and O–H groups in total. The van der Waals surface area contributed by atoms with E-state index in [4.69, 9.17) is 4.74 Å². The normalized spacial score (nSPS) is 15.2. The van der Waals surface area contributed by atoms with Crippen molar-refractivity contribution < 1.29 is 9.53 Å². The summed E-state index contributed by atoms with van der Waals surface area (Å²) in [6.07, 6.45) is 1.62. The fourth-order valence-corrected chi connectivity index (χ4v) is 5.66. The number of nitrogens with zero attached hydrogens (tertiary/aromatic N) is 4. The van der Waals surface area contributed by atoms with Crippen LogP contribution in [0.15, 0.2) is 67.0 Å². The molecule has 186 valence electrons. The zero-order chi connectivity index (χ0) is 24.9. The average molecular weight is 502 g/mol. The summed E-state index contributed by atoms with van der Waals surface area (Å²) >= 11 is 1.70. The SMILES string of the molecule is COC[C@@H](Nc1ncnc2cc(-c3ccc(CN4CCN(C(C)=O)CC4)cc3)sc12)c1ccccc1. The van der Waals surface area contributed by atoms with Gasteiger partial charge < -0.3 is 15.0 Å². The standard InChI is InChI=1S/C28H31N5O2S/c1-20(34)33-14-12-32(13-15-33)17-21-8-10-23(11-9-21)26-16-24-27(36-26)28(30-19-29-24)31-25(18-35-2)22-6-4-3-5-7-22/h3-11,16,19,25H,12-15,17-18H2,1-2H3,(H,29,30,31)/t25-/m1/s1. The Labute approximate surface area is 215 Å². The van der Waals surface area contributed by atoms with Gasteiger partial charge in [0.25, 0.3) is 0 Å². The third-order valence-corrected chi connectivity index (χ3v) is 7.80. The highest BCUT2D eigenvalue weighted by Crippen LogP contribution is 2.36. The van der Waals surface area contributed by atoms with Gasteiger partial charge in [-0.25, -0.2) is 9.97 Å². The number of ether oxygens (including phenoxy) is 1. The molecule has 0 radical (unpaired) electrons. The number of thiophene rings is 1. The minimum absolute atomic E-state index is 0.00329. The predicted molar refractivity (Wildman–Crippen MR) is 145 cm³/mol. The number of fused-ring (bicyclic) bond motifs is 1. The van der Waals surface area contributed by atoms with Gasteiger partial charge in [0, 0.05) is 51.6 Å². The first-order valence-corrected chi connectivity index (χ1v) is 13.0. The van der Waals surface area contributed by atoms with E-state index in [0.29, 0.717) is 6.61 Å². The monoisotopic (exact) mass is 501 g/mol. The first-order chi connectivity index (χ1) is 17.6. The van der Waals surface area contributed by atoms with E-state index in [2.05, 4.69) is 62.6 Å². The van der Waals surface area contributed by atoms with E-state index in [0.717, 1.165) is 59.2 Å². The number of amides is 1. The Kier molecular flexibility index (Phi) is 7.55. The summed E-state index contributed by atoms with van der Waals surface area (Å²) in [6, 6.07) is 21.2. The lowest BCUT2D eigenvalue weighted by Gasteiger charge is -2.34. The number of hydrogen-bond acceptors (Lipinski definition) is 7. The summed E-state index contributed by atoms with van der Waals surface area (Å²) < 4.78 is 6.51. The molecule has 1 aliphatic rings. The summed E-state index contributed by atoms with van der Waals surface area (Å²) in [5, 5.41) is 3.57. The van der Waals surface area contributed by atoms with Crippen LogP contribution in [0.3, 0.4) is 0 Å². The number of carbonyl (C=O) groups is 1.